The first-order valence-electron chi connectivity index (χ1n) is 6.73. The molecule has 5 nitrogen and oxygen atoms in total. The van der Waals surface area contributed by atoms with Crippen molar-refractivity contribution in [1.82, 2.24) is 10.9 Å². The first kappa shape index (κ1) is 14.0. The van der Waals surface area contributed by atoms with Crippen LogP contribution in [0.2, 0.25) is 0 Å². The second-order valence-electron chi connectivity index (χ2n) is 5.34. The molecule has 1 amide bonds. The molecule has 104 valence electrons. The third kappa shape index (κ3) is 4.31. The van der Waals surface area contributed by atoms with E-state index in [9.17, 15) is 10.0 Å². The van der Waals surface area contributed by atoms with Gasteiger partial charge in [-0.15, -0.1) is 0 Å². The maximum absolute atomic E-state index is 11.9. The van der Waals surface area contributed by atoms with Crippen molar-refractivity contribution in [1.29, 1.82) is 0 Å². The van der Waals surface area contributed by atoms with Crippen LogP contribution in [0.4, 0.5) is 0 Å². The van der Waals surface area contributed by atoms with Gasteiger partial charge in [-0.25, -0.2) is 5.43 Å². The molecule has 0 spiro atoms. The lowest BCUT2D eigenvalue weighted by Gasteiger charge is -2.37. The number of quaternary nitrogens is 1. The van der Waals surface area contributed by atoms with Gasteiger partial charge in [-0.1, -0.05) is 18.2 Å². The van der Waals surface area contributed by atoms with Crippen molar-refractivity contribution in [2.45, 2.75) is 25.3 Å². The Balaban J connectivity index is 1.81. The minimum atomic E-state index is -0.176. The summed E-state index contributed by atoms with van der Waals surface area (Å²) < 4.78 is -0.176. The van der Waals surface area contributed by atoms with E-state index in [0.717, 1.165) is 19.3 Å². The topological polar surface area (TPSA) is 64.2 Å². The van der Waals surface area contributed by atoms with E-state index < -0.39 is 0 Å². The second kappa shape index (κ2) is 6.14. The number of nitrogens with one attached hydrogen (secondary N) is 2. The lowest BCUT2D eigenvalue weighted by Crippen LogP contribution is -2.45. The van der Waals surface area contributed by atoms with Crippen LogP contribution in [-0.2, 0) is 0 Å². The summed E-state index contributed by atoms with van der Waals surface area (Å²) in [5.41, 5.74) is 6.41. The standard InChI is InChI=1S/C14H21N3O2/c1-17(19)10-5-8-13(9-11-17)15-16-14(18)12-6-3-2-4-7-12/h2-4,6-7,13,15H,5,8-11H2,1H3,(H,16,18). The van der Waals surface area contributed by atoms with E-state index in [-0.39, 0.29) is 16.6 Å². The van der Waals surface area contributed by atoms with E-state index in [0.29, 0.717) is 18.7 Å². The number of nitrogens with zero attached hydrogens (tertiary/aromatic N) is 1. The van der Waals surface area contributed by atoms with Crippen molar-refractivity contribution >= 4 is 5.91 Å². The molecule has 1 saturated heterocycles. The van der Waals surface area contributed by atoms with Crippen molar-refractivity contribution in [2.24, 2.45) is 0 Å². The van der Waals surface area contributed by atoms with Crippen molar-refractivity contribution in [3.05, 3.63) is 41.1 Å². The number of hydroxylamine groups is 3. The average Bonchev–Trinajstić information content (AvgIpc) is 2.58. The molecule has 1 aliphatic rings. The van der Waals surface area contributed by atoms with Gasteiger partial charge in [-0.3, -0.25) is 10.2 Å². The summed E-state index contributed by atoms with van der Waals surface area (Å²) in [6.45, 7) is 1.25. The van der Waals surface area contributed by atoms with Crippen LogP contribution in [0.3, 0.4) is 0 Å². The molecule has 0 aliphatic carbocycles. The lowest BCUT2D eigenvalue weighted by atomic mass is 10.1. The molecule has 0 saturated carbocycles. The largest absolute Gasteiger partial charge is 0.633 e. The van der Waals surface area contributed by atoms with Crippen LogP contribution in [-0.4, -0.2) is 36.7 Å². The van der Waals surface area contributed by atoms with Gasteiger partial charge in [0.1, 0.15) is 0 Å². The van der Waals surface area contributed by atoms with Gasteiger partial charge in [0.25, 0.3) is 5.91 Å². The Hall–Kier alpha value is -1.43. The fraction of sp³-hybridized carbons (Fsp3) is 0.500. The van der Waals surface area contributed by atoms with Crippen LogP contribution in [0, 0.1) is 5.21 Å². The van der Waals surface area contributed by atoms with Crippen LogP contribution in [0.1, 0.15) is 29.6 Å². The zero-order valence-electron chi connectivity index (χ0n) is 11.3. The van der Waals surface area contributed by atoms with E-state index in [1.807, 2.05) is 18.2 Å². The molecule has 5 heteroatoms. The van der Waals surface area contributed by atoms with Gasteiger partial charge >= 0.3 is 0 Å². The Labute approximate surface area is 113 Å². The zero-order chi connectivity index (χ0) is 13.7. The van der Waals surface area contributed by atoms with Crippen LogP contribution in [0.25, 0.3) is 0 Å². The summed E-state index contributed by atoms with van der Waals surface area (Å²) in [5.74, 6) is -0.135. The Morgan fingerprint density at radius 3 is 2.74 bits per heavy atom. The van der Waals surface area contributed by atoms with Crippen LogP contribution in [0.5, 0.6) is 0 Å². The zero-order valence-corrected chi connectivity index (χ0v) is 11.3. The number of benzene rings is 1. The van der Waals surface area contributed by atoms with E-state index in [1.54, 1.807) is 19.2 Å². The number of likely N-dealkylation sites (tertiary alicyclic amines) is 1. The van der Waals surface area contributed by atoms with Gasteiger partial charge < -0.3 is 9.85 Å². The smallest absolute Gasteiger partial charge is 0.265 e. The van der Waals surface area contributed by atoms with Gasteiger partial charge in [0.15, 0.2) is 0 Å². The van der Waals surface area contributed by atoms with E-state index in [2.05, 4.69) is 10.9 Å². The van der Waals surface area contributed by atoms with Gasteiger partial charge in [-0.05, 0) is 25.0 Å². The molecule has 2 unspecified atom stereocenters. The molecule has 1 aromatic rings. The average molecular weight is 263 g/mol. The first-order chi connectivity index (χ1) is 9.07. The molecule has 1 heterocycles. The number of hydrogen-bond acceptors (Lipinski definition) is 3. The molecule has 19 heavy (non-hydrogen) atoms. The normalized spacial score (nSPS) is 27.6. The molecule has 0 aromatic heterocycles. The van der Waals surface area contributed by atoms with E-state index >= 15 is 0 Å². The number of hydrazine groups is 1. The summed E-state index contributed by atoms with van der Waals surface area (Å²) >= 11 is 0. The Kier molecular flexibility index (Phi) is 4.52. The molecule has 0 bridgehead atoms. The fourth-order valence-corrected chi connectivity index (χ4v) is 2.33. The Morgan fingerprint density at radius 1 is 1.26 bits per heavy atom. The van der Waals surface area contributed by atoms with Gasteiger partial charge in [0.2, 0.25) is 0 Å². The monoisotopic (exact) mass is 263 g/mol. The van der Waals surface area contributed by atoms with E-state index in [4.69, 9.17) is 0 Å². The third-order valence-corrected chi connectivity index (χ3v) is 3.56. The predicted molar refractivity (Wildman–Crippen MR) is 74.0 cm³/mol. The molecular weight excluding hydrogens is 242 g/mol. The first-order valence-corrected chi connectivity index (χ1v) is 6.73. The lowest BCUT2D eigenvalue weighted by molar-refractivity contribution is -0.859. The second-order valence-corrected chi connectivity index (χ2v) is 5.34. The Morgan fingerprint density at radius 2 is 2.00 bits per heavy atom. The molecule has 0 radical (unpaired) electrons. The van der Waals surface area contributed by atoms with Crippen LogP contribution < -0.4 is 10.9 Å². The highest BCUT2D eigenvalue weighted by Crippen LogP contribution is 2.14. The van der Waals surface area contributed by atoms with Gasteiger partial charge in [-0.2, -0.15) is 0 Å². The summed E-state index contributed by atoms with van der Waals surface area (Å²) in [7, 11) is 1.71. The highest BCUT2D eigenvalue weighted by Gasteiger charge is 2.20. The quantitative estimate of drug-likeness (QED) is 0.492. The number of carbonyl (C=O) groups excluding carboxylic acids is 1. The number of carbonyl (C=O) groups is 1. The maximum atomic E-state index is 11.9. The maximum Gasteiger partial charge on any atom is 0.265 e. The highest BCUT2D eigenvalue weighted by atomic mass is 16.5. The van der Waals surface area contributed by atoms with E-state index in [1.165, 1.54) is 0 Å². The van der Waals surface area contributed by atoms with Crippen LogP contribution in [0.15, 0.2) is 30.3 Å². The molecule has 2 atom stereocenters. The van der Waals surface area contributed by atoms with Crippen molar-refractivity contribution in [2.75, 3.05) is 20.1 Å². The third-order valence-electron chi connectivity index (χ3n) is 3.56. The van der Waals surface area contributed by atoms with Crippen molar-refractivity contribution in [3.8, 4) is 0 Å². The summed E-state index contributed by atoms with van der Waals surface area (Å²) in [6, 6.07) is 9.27. The van der Waals surface area contributed by atoms with Crippen molar-refractivity contribution in [3.63, 3.8) is 0 Å². The molecule has 2 N–H and O–H groups in total. The molecule has 1 fully saturated rings. The fourth-order valence-electron chi connectivity index (χ4n) is 2.33. The van der Waals surface area contributed by atoms with Gasteiger partial charge in [0, 0.05) is 18.0 Å². The SMILES string of the molecule is C[N+]1([O-])CCCC(NNC(=O)c2ccccc2)CC1. The van der Waals surface area contributed by atoms with Crippen LogP contribution >= 0.6 is 0 Å². The molecule has 1 aromatic carbocycles. The number of rotatable bonds is 3. The molecule has 1 aliphatic heterocycles. The number of hydrogen-bond donors (Lipinski definition) is 2. The number of amides is 1. The summed E-state index contributed by atoms with van der Waals surface area (Å²) in [4.78, 5) is 11.9. The Bertz CT molecular complexity index is 420. The van der Waals surface area contributed by atoms with Crippen molar-refractivity contribution < 1.29 is 9.44 Å². The summed E-state index contributed by atoms with van der Waals surface area (Å²) in [5, 5.41) is 11.9. The molecular formula is C14H21N3O2. The summed E-state index contributed by atoms with van der Waals surface area (Å²) in [6.07, 6.45) is 2.60. The predicted octanol–water partition coefficient (Wildman–Crippen LogP) is 1.42. The van der Waals surface area contributed by atoms with Gasteiger partial charge in [0.05, 0.1) is 20.1 Å². The minimum absolute atomic E-state index is 0.135. The molecule has 2 rings (SSSR count). The highest BCUT2D eigenvalue weighted by molar-refractivity contribution is 5.93. The minimum Gasteiger partial charge on any atom is -0.633 e.